The monoisotopic (exact) mass is 339 g/mol. The highest BCUT2D eigenvalue weighted by Gasteiger charge is 2.21. The van der Waals surface area contributed by atoms with Crippen LogP contribution in [0.3, 0.4) is 0 Å². The zero-order valence-corrected chi connectivity index (χ0v) is 13.4. The van der Waals surface area contributed by atoms with E-state index in [0.717, 1.165) is 6.42 Å². The summed E-state index contributed by atoms with van der Waals surface area (Å²) >= 11 is 5.08. The summed E-state index contributed by atoms with van der Waals surface area (Å²) in [5.41, 5.74) is 7.90. The van der Waals surface area contributed by atoms with Gasteiger partial charge in [-0.05, 0) is 26.2 Å². The van der Waals surface area contributed by atoms with Crippen molar-refractivity contribution in [3.05, 3.63) is 23.1 Å². The van der Waals surface area contributed by atoms with Gasteiger partial charge in [-0.15, -0.1) is 6.58 Å². The minimum Gasteiger partial charge on any atom is -0.451 e. The number of nitrogens with one attached hydrogen (secondary N) is 1. The Morgan fingerprint density at radius 3 is 2.71 bits per heavy atom. The molecule has 0 radical (unpaired) electrons. The van der Waals surface area contributed by atoms with Crippen molar-refractivity contribution >= 4 is 27.2 Å². The fraction of sp³-hybridized carbons (Fsp3) is 0.727. The third-order valence-corrected chi connectivity index (χ3v) is 3.97. The van der Waals surface area contributed by atoms with Gasteiger partial charge in [0.2, 0.25) is 4.91 Å². The molecule has 10 heteroatoms. The molecule has 120 valence electrons. The standard InChI is InChI=1S/C11H20ClN4O4S/c1-3-8-14-21(18,19)16(15-13)9-6-4-5-7-10(2)20-11(12)17/h3,10,14H,1,4-9H2,2H3/q+1. The van der Waals surface area contributed by atoms with Crippen LogP contribution in [-0.2, 0) is 14.9 Å². The number of ether oxygens (including phenoxy) is 1. The highest BCUT2D eigenvalue weighted by Crippen LogP contribution is 2.08. The molecule has 0 aliphatic heterocycles. The molecule has 0 spiro atoms. The van der Waals surface area contributed by atoms with E-state index in [9.17, 15) is 13.2 Å². The van der Waals surface area contributed by atoms with Crippen molar-refractivity contribution in [3.8, 4) is 0 Å². The first-order valence-corrected chi connectivity index (χ1v) is 8.24. The number of rotatable bonds is 11. The number of hydrogen-bond acceptors (Lipinski definition) is 4. The second-order valence-electron chi connectivity index (χ2n) is 4.29. The average Bonchev–Trinajstić information content (AvgIpc) is 2.39. The second-order valence-corrected chi connectivity index (χ2v) is 6.26. The van der Waals surface area contributed by atoms with Crippen LogP contribution in [0.1, 0.15) is 32.6 Å². The summed E-state index contributed by atoms with van der Waals surface area (Å²) in [6.45, 7) is 5.21. The highest BCUT2D eigenvalue weighted by molar-refractivity contribution is 7.83. The fourth-order valence-corrected chi connectivity index (χ4v) is 2.62. The molecule has 0 saturated carbocycles. The summed E-state index contributed by atoms with van der Waals surface area (Å²) < 4.78 is 30.8. The molecule has 1 atom stereocenters. The minimum atomic E-state index is -3.85. The zero-order valence-electron chi connectivity index (χ0n) is 11.9. The van der Waals surface area contributed by atoms with Gasteiger partial charge in [0.25, 0.3) is 0 Å². The van der Waals surface area contributed by atoms with Crippen molar-refractivity contribution < 1.29 is 22.1 Å². The molecule has 0 bridgehead atoms. The highest BCUT2D eigenvalue weighted by atomic mass is 35.5. The van der Waals surface area contributed by atoms with Crippen LogP contribution in [0.2, 0.25) is 0 Å². The van der Waals surface area contributed by atoms with E-state index in [0.29, 0.717) is 23.4 Å². The van der Waals surface area contributed by atoms with Gasteiger partial charge in [-0.2, -0.15) is 13.1 Å². The molecule has 21 heavy (non-hydrogen) atoms. The predicted octanol–water partition coefficient (Wildman–Crippen LogP) is 2.65. The van der Waals surface area contributed by atoms with Gasteiger partial charge in [0.1, 0.15) is 12.6 Å². The van der Waals surface area contributed by atoms with Gasteiger partial charge in [-0.25, -0.2) is 4.79 Å². The number of unbranched alkanes of at least 4 members (excludes halogenated alkanes) is 2. The lowest BCUT2D eigenvalue weighted by molar-refractivity contribution is -0.396. The van der Waals surface area contributed by atoms with Gasteiger partial charge >= 0.3 is 21.2 Å². The lowest BCUT2D eigenvalue weighted by Gasteiger charge is -2.09. The Kier molecular flexibility index (Phi) is 9.81. The summed E-state index contributed by atoms with van der Waals surface area (Å²) in [6, 6.07) is 0. The Bertz CT molecular complexity index is 502. The first-order chi connectivity index (χ1) is 9.83. The van der Waals surface area contributed by atoms with E-state index < -0.39 is 15.6 Å². The van der Waals surface area contributed by atoms with Crippen molar-refractivity contribution in [2.75, 3.05) is 13.1 Å². The first kappa shape index (κ1) is 19.7. The van der Waals surface area contributed by atoms with E-state index in [1.165, 1.54) is 6.08 Å². The maximum atomic E-state index is 11.7. The normalized spacial score (nSPS) is 12.3. The van der Waals surface area contributed by atoms with E-state index in [2.05, 4.69) is 16.2 Å². The maximum Gasteiger partial charge on any atom is 0.404 e. The van der Waals surface area contributed by atoms with Crippen LogP contribution < -0.4 is 4.72 Å². The van der Waals surface area contributed by atoms with Gasteiger partial charge in [0, 0.05) is 18.1 Å². The van der Waals surface area contributed by atoms with E-state index in [1.54, 1.807) is 6.92 Å². The lowest BCUT2D eigenvalue weighted by atomic mass is 10.1. The largest absolute Gasteiger partial charge is 0.451 e. The molecular formula is C11H20ClN4O4S+. The maximum absolute atomic E-state index is 11.7. The van der Waals surface area contributed by atoms with Crippen LogP contribution in [0.5, 0.6) is 0 Å². The zero-order chi connectivity index (χ0) is 16.3. The van der Waals surface area contributed by atoms with Crippen molar-refractivity contribution in [2.24, 2.45) is 0 Å². The van der Waals surface area contributed by atoms with Crippen LogP contribution in [0.15, 0.2) is 12.7 Å². The third kappa shape index (κ3) is 9.30. The summed E-state index contributed by atoms with van der Waals surface area (Å²) in [5, 5.41) is 0. The van der Waals surface area contributed by atoms with Gasteiger partial charge in [-0.1, -0.05) is 12.5 Å². The number of halogens is 1. The van der Waals surface area contributed by atoms with Crippen LogP contribution in [-0.4, -0.2) is 37.1 Å². The Morgan fingerprint density at radius 2 is 2.19 bits per heavy atom. The molecule has 0 aromatic rings. The molecule has 0 fully saturated rings. The van der Waals surface area contributed by atoms with Gasteiger partial charge in [0.15, 0.2) is 0 Å². The van der Waals surface area contributed by atoms with Crippen LogP contribution in [0, 0.1) is 0 Å². The van der Waals surface area contributed by atoms with E-state index in [4.69, 9.17) is 21.9 Å². The van der Waals surface area contributed by atoms with Crippen LogP contribution in [0.25, 0.3) is 10.4 Å². The number of carbonyl (C=O) groups is 1. The average molecular weight is 340 g/mol. The first-order valence-electron chi connectivity index (χ1n) is 6.42. The smallest absolute Gasteiger partial charge is 0.404 e. The number of carbonyl (C=O) groups excluding carboxylic acids is 1. The molecule has 1 N–H and O–H groups in total. The molecule has 8 nitrogen and oxygen atoms in total. The Balaban J connectivity index is 4.07. The van der Waals surface area contributed by atoms with Crippen molar-refractivity contribution in [1.82, 2.24) is 4.72 Å². The van der Waals surface area contributed by atoms with Gasteiger partial charge in [0.05, 0.1) is 4.10 Å². The van der Waals surface area contributed by atoms with Gasteiger partial charge in [-0.3, -0.25) is 0 Å². The predicted molar refractivity (Wildman–Crippen MR) is 79.2 cm³/mol. The third-order valence-electron chi connectivity index (χ3n) is 2.54. The minimum absolute atomic E-state index is 0.0483. The van der Waals surface area contributed by atoms with Crippen LogP contribution in [0.4, 0.5) is 4.79 Å². The summed E-state index contributed by atoms with van der Waals surface area (Å²) in [4.78, 5) is 13.2. The van der Waals surface area contributed by atoms with E-state index in [1.807, 2.05) is 0 Å². The van der Waals surface area contributed by atoms with Crippen LogP contribution >= 0.6 is 11.6 Å². The number of hydrogen-bond donors (Lipinski definition) is 1. The molecule has 0 amide bonds. The van der Waals surface area contributed by atoms with E-state index >= 15 is 0 Å². The number of nitrogens with zero attached hydrogens (tertiary/aromatic N) is 3. The van der Waals surface area contributed by atoms with Crippen molar-refractivity contribution in [2.45, 2.75) is 38.7 Å². The molecule has 1 unspecified atom stereocenters. The molecule has 0 heterocycles. The summed E-state index contributed by atoms with van der Waals surface area (Å²) in [6.07, 6.45) is 3.63. The SMILES string of the molecule is C=CCNS(=O)(=O)[N+](CCCCCC(C)OC(=O)Cl)=[N+]=[N-]. The molecule has 0 aliphatic carbocycles. The van der Waals surface area contributed by atoms with Crippen molar-refractivity contribution in [1.29, 1.82) is 0 Å². The Hall–Kier alpha value is -1.28. The summed E-state index contributed by atoms with van der Waals surface area (Å²) in [5.74, 6) is 0. The molecule has 0 aromatic heterocycles. The molecular weight excluding hydrogens is 320 g/mol. The molecule has 0 aromatic carbocycles. The summed E-state index contributed by atoms with van der Waals surface area (Å²) in [7, 11) is -3.85. The van der Waals surface area contributed by atoms with Gasteiger partial charge < -0.3 is 4.74 Å². The lowest BCUT2D eigenvalue weighted by Crippen LogP contribution is -2.33. The quantitative estimate of drug-likeness (QED) is 0.118. The topological polar surface area (TPSA) is 112 Å². The molecule has 0 aliphatic rings. The fourth-order valence-electron chi connectivity index (χ4n) is 1.52. The Morgan fingerprint density at radius 1 is 1.52 bits per heavy atom. The van der Waals surface area contributed by atoms with Crippen molar-refractivity contribution in [3.63, 3.8) is 0 Å². The second kappa shape index (κ2) is 10.4. The van der Waals surface area contributed by atoms with E-state index in [-0.39, 0.29) is 19.2 Å². The Labute approximate surface area is 129 Å². The molecule has 0 rings (SSSR count). The molecule has 0 saturated heterocycles.